The Hall–Kier alpha value is -9.48. The number of amides is 10. The first-order chi connectivity index (χ1) is 42.1. The molecule has 0 aliphatic carbocycles. The fourth-order valence-corrected chi connectivity index (χ4v) is 9.57. The van der Waals surface area contributed by atoms with Crippen molar-refractivity contribution in [2.75, 3.05) is 13.1 Å². The highest BCUT2D eigenvalue weighted by Gasteiger charge is 2.38. The number of benzene rings is 2. The number of H-pyrrole nitrogens is 1. The summed E-state index contributed by atoms with van der Waals surface area (Å²) in [6.07, 6.45) is 1.66. The molecule has 89 heavy (non-hydrogen) atoms. The Bertz CT molecular complexity index is 2920. The fourth-order valence-electron chi connectivity index (χ4n) is 9.57. The molecule has 1 aromatic heterocycles. The van der Waals surface area contributed by atoms with Gasteiger partial charge in [0.25, 0.3) is 0 Å². The number of hydrogen-bond acceptors (Lipinski definition) is 15. The van der Waals surface area contributed by atoms with Gasteiger partial charge in [-0.2, -0.15) is 0 Å². The number of primary amides is 1. The molecule has 0 bridgehead atoms. The Morgan fingerprint density at radius 3 is 1.47 bits per heavy atom. The number of carbonyl (C=O) groups is 12. The summed E-state index contributed by atoms with van der Waals surface area (Å²) in [6.45, 7) is 10.4. The number of imidazole rings is 1. The van der Waals surface area contributed by atoms with E-state index in [-0.39, 0.29) is 56.9 Å². The van der Waals surface area contributed by atoms with Gasteiger partial charge in [-0.3, -0.25) is 62.5 Å². The van der Waals surface area contributed by atoms with E-state index in [4.69, 9.17) is 17.2 Å². The van der Waals surface area contributed by atoms with Gasteiger partial charge < -0.3 is 85.6 Å². The monoisotopic (exact) mass is 1240 g/mol. The van der Waals surface area contributed by atoms with Crippen LogP contribution in [0.2, 0.25) is 0 Å². The summed E-state index contributed by atoms with van der Waals surface area (Å²) in [5, 5.41) is 45.5. The number of carbonyl (C=O) groups excluding carboxylic acids is 10. The molecule has 10 atom stereocenters. The second-order valence-electron chi connectivity index (χ2n) is 22.9. The third kappa shape index (κ3) is 25.0. The molecule has 19 N–H and O–H groups in total. The summed E-state index contributed by atoms with van der Waals surface area (Å²) in [6, 6.07) is 3.39. The minimum Gasteiger partial charge on any atom is -0.481 e. The number of hydrogen-bond donors (Lipinski definition) is 16. The quantitative estimate of drug-likeness (QED) is 0.0160. The van der Waals surface area contributed by atoms with Crippen molar-refractivity contribution in [1.29, 1.82) is 0 Å². The van der Waals surface area contributed by atoms with Gasteiger partial charge >= 0.3 is 11.9 Å². The molecule has 30 heteroatoms. The number of nitrogens with one attached hydrogen (secondary N) is 11. The molecule has 30 nitrogen and oxygen atoms in total. The summed E-state index contributed by atoms with van der Waals surface area (Å²) < 4.78 is 0. The maximum absolute atomic E-state index is 14.6. The van der Waals surface area contributed by atoms with Gasteiger partial charge in [0.15, 0.2) is 5.96 Å². The van der Waals surface area contributed by atoms with Gasteiger partial charge in [-0.25, -0.2) is 4.98 Å². The minimum atomic E-state index is -1.90. The van der Waals surface area contributed by atoms with Crippen molar-refractivity contribution in [2.24, 2.45) is 39.9 Å². The Morgan fingerprint density at radius 2 is 0.989 bits per heavy atom. The van der Waals surface area contributed by atoms with Crippen molar-refractivity contribution in [3.8, 4) is 0 Å². The van der Waals surface area contributed by atoms with Crippen molar-refractivity contribution in [3.05, 3.63) is 90.0 Å². The summed E-state index contributed by atoms with van der Waals surface area (Å²) in [7, 11) is 0. The van der Waals surface area contributed by atoms with Crippen molar-refractivity contribution in [2.45, 2.75) is 166 Å². The van der Waals surface area contributed by atoms with Crippen molar-refractivity contribution in [1.82, 2.24) is 63.1 Å². The van der Waals surface area contributed by atoms with Crippen LogP contribution in [0.4, 0.5) is 0 Å². The number of nitrogens with zero attached hydrogens (tertiary/aromatic N) is 2. The first-order valence-electron chi connectivity index (χ1n) is 29.4. The number of rotatable bonds is 37. The van der Waals surface area contributed by atoms with E-state index in [9.17, 15) is 67.7 Å². The van der Waals surface area contributed by atoms with Crippen LogP contribution in [0.1, 0.15) is 103 Å². The maximum atomic E-state index is 14.6. The highest BCUT2D eigenvalue weighted by atomic mass is 16.4. The maximum Gasteiger partial charge on any atom is 0.305 e. The molecule has 1 fully saturated rings. The summed E-state index contributed by atoms with van der Waals surface area (Å²) in [5.74, 6) is -13.9. The van der Waals surface area contributed by atoms with Crippen LogP contribution in [0.3, 0.4) is 0 Å². The molecule has 0 spiro atoms. The van der Waals surface area contributed by atoms with Gasteiger partial charge in [-0.05, 0) is 67.5 Å². The number of carboxylic acids is 2. The van der Waals surface area contributed by atoms with Crippen LogP contribution in [0.15, 0.2) is 78.2 Å². The predicted molar refractivity (Wildman–Crippen MR) is 324 cm³/mol. The van der Waals surface area contributed by atoms with Gasteiger partial charge in [-0.1, -0.05) is 102 Å². The first-order valence-corrected chi connectivity index (χ1v) is 29.4. The molecule has 2 heterocycles. The third-order valence-electron chi connectivity index (χ3n) is 14.3. The van der Waals surface area contributed by atoms with Crippen molar-refractivity contribution < 1.29 is 67.7 Å². The molecular formula is C59H86N16O14. The predicted octanol–water partition coefficient (Wildman–Crippen LogP) is -2.60. The minimum absolute atomic E-state index is 0.0180. The zero-order valence-electron chi connectivity index (χ0n) is 50.8. The summed E-state index contributed by atoms with van der Waals surface area (Å²) >= 11 is 0. The van der Waals surface area contributed by atoms with E-state index < -0.39 is 156 Å². The van der Waals surface area contributed by atoms with Crippen LogP contribution in [-0.4, -0.2) is 171 Å². The lowest BCUT2D eigenvalue weighted by Crippen LogP contribution is -2.62. The van der Waals surface area contributed by atoms with E-state index in [1.807, 2.05) is 0 Å². The standard InChI is InChI=1S/C59H86N16O14/c1-31(2)23-40(52(83)67-38(20-14-22-65-59(61)62)51(82)68-39(49(60)80)24-34-15-9-7-10-16-34)69-53(84)41(25-35-17-11-8-12-18-35)72-57(88)47(32(3)4)74-55(86)42(26-36-29-63-30-66-36)70-54(85)43(27-45(76)77)73-58(89)48(33(5)6)75-56(87)44(28-46(78)79)71-50(81)37-19-13-21-64-37/h7-12,15-18,29-33,37-44,47-48,64H,13-14,19-28H2,1-6H3,(H2,60,80)(H,63,66)(H,67,83)(H,68,82)(H,69,84)(H,70,85)(H,71,81)(H,72,88)(H,73,89)(H,74,86)(H,75,87)(H,76,77)(H,78,79)(H4,61,62,65)/t37-,38-,39-,40-,41-,42-,43-,44-,47-,48-/m0/s1. The number of aromatic amines is 1. The van der Waals surface area contributed by atoms with Crippen LogP contribution in [-0.2, 0) is 76.8 Å². The lowest BCUT2D eigenvalue weighted by molar-refractivity contribution is -0.142. The molecule has 0 radical (unpaired) electrons. The lowest BCUT2D eigenvalue weighted by atomic mass is 9.98. The van der Waals surface area contributed by atoms with E-state index in [1.165, 1.54) is 26.4 Å². The summed E-state index contributed by atoms with van der Waals surface area (Å²) in [4.78, 5) is 174. The first kappa shape index (κ1) is 72.0. The Balaban J connectivity index is 1.58. The Morgan fingerprint density at radius 1 is 0.551 bits per heavy atom. The molecule has 486 valence electrons. The SMILES string of the molecule is CC(C)C[C@H](NC(=O)[C@H](Cc1ccccc1)NC(=O)[C@@H](NC(=O)[C@H](Cc1cnc[nH]1)NC(=O)[C@H](CC(=O)O)NC(=O)[C@@H](NC(=O)[C@H](CC(=O)O)NC(=O)[C@@H]1CCCN1)C(C)C)C(C)C)C(=O)N[C@@H](CCCN=C(N)N)C(=O)N[C@@H](Cc1ccccc1)C(N)=O. The van der Waals surface area contributed by atoms with Gasteiger partial charge in [0.05, 0.1) is 25.2 Å². The molecule has 4 rings (SSSR count). The van der Waals surface area contributed by atoms with Gasteiger partial charge in [0.1, 0.15) is 54.4 Å². The molecule has 0 unspecified atom stereocenters. The number of aliphatic imine (C=N–C) groups is 1. The van der Waals surface area contributed by atoms with Crippen LogP contribution >= 0.6 is 0 Å². The topological polar surface area (TPSA) is 485 Å². The molecule has 1 saturated heterocycles. The van der Waals surface area contributed by atoms with Crippen molar-refractivity contribution in [3.63, 3.8) is 0 Å². The molecule has 10 amide bonds. The number of guanidine groups is 1. The largest absolute Gasteiger partial charge is 0.481 e. The van der Waals surface area contributed by atoms with Crippen LogP contribution < -0.4 is 70.4 Å². The van der Waals surface area contributed by atoms with Crippen LogP contribution in [0.5, 0.6) is 0 Å². The second kappa shape index (κ2) is 36.0. The molecule has 1 aliphatic rings. The van der Waals surface area contributed by atoms with Gasteiger partial charge in [0, 0.05) is 37.7 Å². The van der Waals surface area contributed by atoms with E-state index in [2.05, 4.69) is 68.1 Å². The van der Waals surface area contributed by atoms with E-state index in [0.717, 1.165) is 0 Å². The number of nitrogens with two attached hydrogens (primary N) is 3. The Labute approximate surface area is 515 Å². The van der Waals surface area contributed by atoms with Gasteiger partial charge in [0.2, 0.25) is 59.1 Å². The average molecular weight is 1240 g/mol. The highest BCUT2D eigenvalue weighted by molar-refractivity contribution is 6.00. The summed E-state index contributed by atoms with van der Waals surface area (Å²) in [5.41, 5.74) is 18.3. The van der Waals surface area contributed by atoms with Crippen molar-refractivity contribution >= 4 is 77.0 Å². The smallest absolute Gasteiger partial charge is 0.305 e. The molecular weight excluding hydrogens is 1160 g/mol. The number of carboxylic acid groups (broad SMARTS) is 2. The van der Waals surface area contributed by atoms with E-state index in [0.29, 0.717) is 36.2 Å². The number of aromatic nitrogens is 2. The molecule has 2 aromatic carbocycles. The van der Waals surface area contributed by atoms with Crippen LogP contribution in [0, 0.1) is 17.8 Å². The average Bonchev–Trinajstić information content (AvgIpc) is 4.04. The second-order valence-corrected chi connectivity index (χ2v) is 22.9. The third-order valence-corrected chi connectivity index (χ3v) is 14.3. The van der Waals surface area contributed by atoms with Crippen LogP contribution in [0.25, 0.3) is 0 Å². The zero-order valence-corrected chi connectivity index (χ0v) is 50.8. The van der Waals surface area contributed by atoms with E-state index in [1.54, 1.807) is 88.4 Å². The van der Waals surface area contributed by atoms with E-state index >= 15 is 0 Å². The lowest BCUT2D eigenvalue weighted by Gasteiger charge is -2.29. The molecule has 1 aliphatic heterocycles. The normalized spacial score (nSPS) is 15.9. The highest BCUT2D eigenvalue weighted by Crippen LogP contribution is 2.14. The molecule has 3 aromatic rings. The fraction of sp³-hybridized carbons (Fsp3) is 0.525. The zero-order chi connectivity index (χ0) is 65.9. The number of aliphatic carboxylic acids is 2. The van der Waals surface area contributed by atoms with Gasteiger partial charge in [-0.15, -0.1) is 0 Å². The molecule has 0 saturated carbocycles. The Kier molecular flexibility index (Phi) is 29.1.